The second-order valence-electron chi connectivity index (χ2n) is 7.72. The molecule has 3 rings (SSSR count). The Bertz CT molecular complexity index is 935. The molecule has 31 heavy (non-hydrogen) atoms. The maximum absolute atomic E-state index is 12.9. The van der Waals surface area contributed by atoms with Crippen LogP contribution in [-0.2, 0) is 33.4 Å². The predicted octanol–water partition coefficient (Wildman–Crippen LogP) is 2.69. The molecule has 1 aliphatic rings. The van der Waals surface area contributed by atoms with E-state index in [1.165, 1.54) is 0 Å². The van der Waals surface area contributed by atoms with Crippen molar-refractivity contribution in [1.82, 2.24) is 10.6 Å². The van der Waals surface area contributed by atoms with Crippen LogP contribution in [0.5, 0.6) is 0 Å². The fourth-order valence-corrected chi connectivity index (χ4v) is 5.33. The molecule has 1 aromatic heterocycles. The third-order valence-electron chi connectivity index (χ3n) is 5.54. The summed E-state index contributed by atoms with van der Waals surface area (Å²) in [6, 6.07) is 12.7. The molecule has 8 heteroatoms. The lowest BCUT2D eigenvalue weighted by atomic mass is 9.80. The first-order valence-electron chi connectivity index (χ1n) is 10.5. The Balaban J connectivity index is 1.52. The van der Waals surface area contributed by atoms with Gasteiger partial charge in [-0.2, -0.15) is 5.26 Å². The summed E-state index contributed by atoms with van der Waals surface area (Å²) >= 11 is 0. The number of carbonyl (C=O) groups is 2. The van der Waals surface area contributed by atoms with Crippen LogP contribution in [0.3, 0.4) is 0 Å². The monoisotopic (exact) mass is 441 g/mol. The Morgan fingerprint density at radius 1 is 1.13 bits per heavy atom. The molecule has 2 aromatic rings. The van der Waals surface area contributed by atoms with E-state index in [1.807, 2.05) is 18.2 Å². The summed E-state index contributed by atoms with van der Waals surface area (Å²) in [6.07, 6.45) is 5.43. The van der Waals surface area contributed by atoms with E-state index in [1.54, 1.807) is 30.5 Å². The van der Waals surface area contributed by atoms with Crippen molar-refractivity contribution in [3.63, 3.8) is 0 Å². The van der Waals surface area contributed by atoms with Crippen molar-refractivity contribution in [2.24, 2.45) is 11.8 Å². The number of furan rings is 1. The van der Waals surface area contributed by atoms with Gasteiger partial charge in [0.05, 0.1) is 36.1 Å². The van der Waals surface area contributed by atoms with Gasteiger partial charge in [-0.1, -0.05) is 25.0 Å². The highest BCUT2D eigenvalue weighted by Gasteiger charge is 2.32. The minimum atomic E-state index is -1.23. The number of hydrogen-bond acceptors (Lipinski definition) is 5. The topological polar surface area (TPSA) is 112 Å². The van der Waals surface area contributed by atoms with E-state index in [0.29, 0.717) is 23.0 Å². The first kappa shape index (κ1) is 22.8. The highest BCUT2D eigenvalue weighted by molar-refractivity contribution is 7.85. The molecule has 1 heterocycles. The molecule has 2 amide bonds. The normalized spacial score (nSPS) is 19.2. The third-order valence-corrected chi connectivity index (χ3v) is 7.07. The van der Waals surface area contributed by atoms with Gasteiger partial charge in [-0.3, -0.25) is 13.8 Å². The molecule has 1 aromatic carbocycles. The number of nitriles is 1. The van der Waals surface area contributed by atoms with Crippen molar-refractivity contribution < 1.29 is 18.2 Å². The summed E-state index contributed by atoms with van der Waals surface area (Å²) in [6.45, 7) is 0.347. The molecule has 0 aliphatic heterocycles. The van der Waals surface area contributed by atoms with Gasteiger partial charge in [0.25, 0.3) is 0 Å². The summed E-state index contributed by atoms with van der Waals surface area (Å²) in [4.78, 5) is 25.1. The Hall–Kier alpha value is -2.92. The quantitative estimate of drug-likeness (QED) is 0.581. The van der Waals surface area contributed by atoms with E-state index in [2.05, 4.69) is 10.6 Å². The van der Waals surface area contributed by atoms with Crippen LogP contribution in [0.2, 0.25) is 0 Å². The lowest BCUT2D eigenvalue weighted by molar-refractivity contribution is -0.127. The number of nitrogens with one attached hydrogen (secondary N) is 2. The van der Waals surface area contributed by atoms with Crippen LogP contribution in [0.15, 0.2) is 52.0 Å². The van der Waals surface area contributed by atoms with Crippen molar-refractivity contribution in [2.75, 3.05) is 12.3 Å². The van der Waals surface area contributed by atoms with E-state index in [0.717, 1.165) is 31.2 Å². The van der Waals surface area contributed by atoms with Crippen LogP contribution in [0, 0.1) is 23.2 Å². The maximum Gasteiger partial charge on any atom is 0.224 e. The molecule has 3 unspecified atom stereocenters. The highest BCUT2D eigenvalue weighted by atomic mass is 32.2. The molecule has 164 valence electrons. The van der Waals surface area contributed by atoms with Crippen LogP contribution in [0.25, 0.3) is 0 Å². The largest absolute Gasteiger partial charge is 0.467 e. The van der Waals surface area contributed by atoms with E-state index in [-0.39, 0.29) is 36.6 Å². The van der Waals surface area contributed by atoms with Crippen LogP contribution < -0.4 is 10.6 Å². The number of nitrogens with zero attached hydrogens (tertiary/aromatic N) is 1. The Morgan fingerprint density at radius 3 is 2.61 bits per heavy atom. The molecule has 1 saturated carbocycles. The fourth-order valence-electron chi connectivity index (χ4n) is 3.91. The molecule has 1 fully saturated rings. The van der Waals surface area contributed by atoms with Gasteiger partial charge >= 0.3 is 0 Å². The van der Waals surface area contributed by atoms with Gasteiger partial charge in [0.2, 0.25) is 11.8 Å². The number of rotatable bonds is 9. The molecule has 0 spiro atoms. The lowest BCUT2D eigenvalue weighted by Crippen LogP contribution is -2.38. The lowest BCUT2D eigenvalue weighted by Gasteiger charge is -2.30. The van der Waals surface area contributed by atoms with Gasteiger partial charge in [-0.15, -0.1) is 0 Å². The summed E-state index contributed by atoms with van der Waals surface area (Å²) in [5.74, 6) is 0.746. The molecule has 7 nitrogen and oxygen atoms in total. The van der Waals surface area contributed by atoms with E-state index < -0.39 is 10.8 Å². The van der Waals surface area contributed by atoms with Gasteiger partial charge < -0.3 is 15.1 Å². The molecular formula is C23H27N3O4S. The third kappa shape index (κ3) is 6.79. The zero-order valence-electron chi connectivity index (χ0n) is 17.3. The summed E-state index contributed by atoms with van der Waals surface area (Å²) in [7, 11) is -1.23. The van der Waals surface area contributed by atoms with Crippen molar-refractivity contribution in [1.29, 1.82) is 5.26 Å². The van der Waals surface area contributed by atoms with Gasteiger partial charge in [0.1, 0.15) is 12.3 Å². The van der Waals surface area contributed by atoms with E-state index in [4.69, 9.17) is 9.68 Å². The highest BCUT2D eigenvalue weighted by Crippen LogP contribution is 2.31. The van der Waals surface area contributed by atoms with Gasteiger partial charge in [-0.05, 0) is 48.6 Å². The van der Waals surface area contributed by atoms with Crippen molar-refractivity contribution >= 4 is 22.6 Å². The molecular weight excluding hydrogens is 414 g/mol. The molecule has 0 saturated heterocycles. The average Bonchev–Trinajstić information content (AvgIpc) is 3.30. The van der Waals surface area contributed by atoms with E-state index in [9.17, 15) is 13.8 Å². The zero-order chi connectivity index (χ0) is 22.1. The fraction of sp³-hybridized carbons (Fsp3) is 0.435. The zero-order valence-corrected chi connectivity index (χ0v) is 18.2. The number of carbonyl (C=O) groups excluding carboxylic acids is 2. The van der Waals surface area contributed by atoms with Crippen molar-refractivity contribution in [3.8, 4) is 6.07 Å². The number of benzene rings is 1. The SMILES string of the molecule is N#CCNC(=O)C1CCCCC1CS(=O)c1ccc(CC(=O)NCc2ccco2)cc1. The van der Waals surface area contributed by atoms with Gasteiger partial charge in [-0.25, -0.2) is 0 Å². The molecule has 1 aliphatic carbocycles. The van der Waals surface area contributed by atoms with Crippen molar-refractivity contribution in [3.05, 3.63) is 54.0 Å². The standard InChI is InChI=1S/C23H27N3O4S/c24-11-12-25-23(28)21-6-2-1-4-18(21)16-31(29)20-9-7-17(8-10-20)14-22(27)26-15-19-5-3-13-30-19/h3,5,7-10,13,18,21H,1-2,4,6,12,14-16H2,(H,25,28)(H,26,27). The van der Waals surface area contributed by atoms with Crippen molar-refractivity contribution in [2.45, 2.75) is 43.5 Å². The summed E-state index contributed by atoms with van der Waals surface area (Å²) in [5.41, 5.74) is 0.837. The second kappa shape index (κ2) is 11.5. The van der Waals surface area contributed by atoms with Gasteiger partial charge in [0, 0.05) is 16.6 Å². The summed E-state index contributed by atoms with van der Waals surface area (Å²) in [5, 5.41) is 14.1. The average molecular weight is 442 g/mol. The second-order valence-corrected chi connectivity index (χ2v) is 9.21. The molecule has 2 N–H and O–H groups in total. The van der Waals surface area contributed by atoms with Crippen LogP contribution >= 0.6 is 0 Å². The Kier molecular flexibility index (Phi) is 8.42. The first-order valence-corrected chi connectivity index (χ1v) is 11.8. The van der Waals surface area contributed by atoms with Crippen LogP contribution in [-0.4, -0.2) is 28.3 Å². The van der Waals surface area contributed by atoms with Gasteiger partial charge in [0.15, 0.2) is 0 Å². The van der Waals surface area contributed by atoms with Crippen LogP contribution in [0.1, 0.15) is 37.0 Å². The van der Waals surface area contributed by atoms with Crippen LogP contribution in [0.4, 0.5) is 0 Å². The Morgan fingerprint density at radius 2 is 1.90 bits per heavy atom. The maximum atomic E-state index is 12.9. The Labute approximate surface area is 184 Å². The molecule has 3 atom stereocenters. The molecule has 0 radical (unpaired) electrons. The molecule has 0 bridgehead atoms. The smallest absolute Gasteiger partial charge is 0.224 e. The number of amides is 2. The van der Waals surface area contributed by atoms with E-state index >= 15 is 0 Å². The summed E-state index contributed by atoms with van der Waals surface area (Å²) < 4.78 is 18.1. The predicted molar refractivity (Wildman–Crippen MR) is 116 cm³/mol. The minimum Gasteiger partial charge on any atom is -0.467 e. The minimum absolute atomic E-state index is 0.00168. The first-order chi connectivity index (χ1) is 15.1. The number of hydrogen-bond donors (Lipinski definition) is 2.